The van der Waals surface area contributed by atoms with Crippen LogP contribution in [0.1, 0.15) is 23.8 Å². The van der Waals surface area contributed by atoms with Crippen molar-refractivity contribution in [3.63, 3.8) is 0 Å². The van der Waals surface area contributed by atoms with Gasteiger partial charge in [-0.15, -0.1) is 0 Å². The number of aromatic nitrogens is 2. The second kappa shape index (κ2) is 7.44. The van der Waals surface area contributed by atoms with Crippen molar-refractivity contribution in [1.82, 2.24) is 15.1 Å². The van der Waals surface area contributed by atoms with Gasteiger partial charge in [0.2, 0.25) is 0 Å². The number of benzene rings is 1. The van der Waals surface area contributed by atoms with Crippen molar-refractivity contribution in [3.8, 4) is 11.4 Å². The molecule has 0 saturated heterocycles. The number of rotatable bonds is 6. The molecule has 7 heteroatoms. The summed E-state index contributed by atoms with van der Waals surface area (Å²) >= 11 is 0. The minimum atomic E-state index is -0.409. The Bertz CT molecular complexity index is 682. The number of hydrogen-bond acceptors (Lipinski definition) is 5. The van der Waals surface area contributed by atoms with Gasteiger partial charge in [0.15, 0.2) is 11.4 Å². The summed E-state index contributed by atoms with van der Waals surface area (Å²) < 4.78 is 11.4. The van der Waals surface area contributed by atoms with Gasteiger partial charge in [-0.1, -0.05) is 18.2 Å². The van der Waals surface area contributed by atoms with Gasteiger partial charge in [-0.2, -0.15) is 5.10 Å². The first-order chi connectivity index (χ1) is 11.0. The summed E-state index contributed by atoms with van der Waals surface area (Å²) in [4.78, 5) is 23.6. The Labute approximate surface area is 134 Å². The highest BCUT2D eigenvalue weighted by atomic mass is 16.5. The van der Waals surface area contributed by atoms with Crippen LogP contribution in [0.5, 0.6) is 5.75 Å². The lowest BCUT2D eigenvalue weighted by Gasteiger charge is -2.11. The monoisotopic (exact) mass is 317 g/mol. The number of esters is 1. The number of nitrogens with one attached hydrogen (secondary N) is 1. The molecular formula is C16H19N3O4. The van der Waals surface area contributed by atoms with Gasteiger partial charge >= 0.3 is 5.97 Å². The van der Waals surface area contributed by atoms with Crippen LogP contribution in [0.3, 0.4) is 0 Å². The summed E-state index contributed by atoms with van der Waals surface area (Å²) in [6.07, 6.45) is 1.72. The maximum Gasteiger partial charge on any atom is 0.307 e. The Balaban J connectivity index is 2.17. The Morgan fingerprint density at radius 2 is 1.96 bits per heavy atom. The molecule has 0 radical (unpaired) electrons. The van der Waals surface area contributed by atoms with Crippen molar-refractivity contribution < 1.29 is 19.1 Å². The molecule has 1 heterocycles. The fraction of sp³-hybridized carbons (Fsp3) is 0.312. The first-order valence-electron chi connectivity index (χ1n) is 7.12. The normalized spacial score (nSPS) is 11.6. The summed E-state index contributed by atoms with van der Waals surface area (Å²) in [5, 5.41) is 6.97. The van der Waals surface area contributed by atoms with Crippen molar-refractivity contribution in [2.45, 2.75) is 19.4 Å². The third-order valence-electron chi connectivity index (χ3n) is 3.21. The molecule has 1 N–H and O–H groups in total. The highest BCUT2D eigenvalue weighted by Gasteiger charge is 2.21. The standard InChI is InChI=1S/C16H19N3O4/c1-11(9-14(20)23-3)17-16(21)15-13(22-2)10-19(18-15)12-7-5-4-6-8-12/h4-8,10-11H,9H2,1-3H3,(H,17,21). The Kier molecular flexibility index (Phi) is 5.35. The molecule has 2 rings (SSSR count). The SMILES string of the molecule is COC(=O)CC(C)NC(=O)c1nn(-c2ccccc2)cc1OC. The number of hydrogen-bond donors (Lipinski definition) is 1. The van der Waals surface area contributed by atoms with Crippen LogP contribution in [0.4, 0.5) is 0 Å². The van der Waals surface area contributed by atoms with E-state index in [1.165, 1.54) is 14.2 Å². The van der Waals surface area contributed by atoms with Crippen LogP contribution in [0, 0.1) is 0 Å². The zero-order valence-corrected chi connectivity index (χ0v) is 13.3. The van der Waals surface area contributed by atoms with E-state index in [0.29, 0.717) is 5.75 Å². The molecular weight excluding hydrogens is 298 g/mol. The topological polar surface area (TPSA) is 82.5 Å². The van der Waals surface area contributed by atoms with E-state index in [9.17, 15) is 9.59 Å². The Morgan fingerprint density at radius 1 is 1.26 bits per heavy atom. The van der Waals surface area contributed by atoms with Crippen LogP contribution < -0.4 is 10.1 Å². The van der Waals surface area contributed by atoms with Gasteiger partial charge in [0, 0.05) is 6.04 Å². The second-order valence-corrected chi connectivity index (χ2v) is 4.98. The van der Waals surface area contributed by atoms with Crippen LogP contribution in [0.25, 0.3) is 5.69 Å². The molecule has 0 aliphatic heterocycles. The zero-order chi connectivity index (χ0) is 16.8. The van der Waals surface area contributed by atoms with E-state index in [1.54, 1.807) is 17.8 Å². The Hall–Kier alpha value is -2.83. The number of amides is 1. The first kappa shape index (κ1) is 16.5. The molecule has 2 aromatic rings. The molecule has 0 aliphatic rings. The zero-order valence-electron chi connectivity index (χ0n) is 13.3. The molecule has 0 fully saturated rings. The smallest absolute Gasteiger partial charge is 0.307 e. The highest BCUT2D eigenvalue weighted by Crippen LogP contribution is 2.19. The van der Waals surface area contributed by atoms with Crippen LogP contribution in [0.15, 0.2) is 36.5 Å². The molecule has 0 spiro atoms. The lowest BCUT2D eigenvalue weighted by atomic mass is 10.2. The van der Waals surface area contributed by atoms with Gasteiger partial charge in [0.05, 0.1) is 32.5 Å². The van der Waals surface area contributed by atoms with Crippen LogP contribution >= 0.6 is 0 Å². The van der Waals surface area contributed by atoms with Gasteiger partial charge < -0.3 is 14.8 Å². The molecule has 1 aromatic heterocycles. The van der Waals surface area contributed by atoms with Crippen molar-refractivity contribution in [2.24, 2.45) is 0 Å². The third kappa shape index (κ3) is 4.09. The van der Waals surface area contributed by atoms with E-state index in [4.69, 9.17) is 4.74 Å². The molecule has 1 unspecified atom stereocenters. The van der Waals surface area contributed by atoms with E-state index < -0.39 is 5.91 Å². The predicted molar refractivity (Wildman–Crippen MR) is 83.7 cm³/mol. The Morgan fingerprint density at radius 3 is 2.57 bits per heavy atom. The highest BCUT2D eigenvalue weighted by molar-refractivity contribution is 5.95. The van der Waals surface area contributed by atoms with E-state index in [2.05, 4.69) is 15.2 Å². The lowest BCUT2D eigenvalue weighted by molar-refractivity contribution is -0.141. The number of ether oxygens (including phenoxy) is 2. The van der Waals surface area contributed by atoms with Crippen molar-refractivity contribution in [1.29, 1.82) is 0 Å². The predicted octanol–water partition coefficient (Wildman–Crippen LogP) is 1.56. The molecule has 0 bridgehead atoms. The summed E-state index contributed by atoms with van der Waals surface area (Å²) in [5.74, 6) is -0.441. The average Bonchev–Trinajstić information content (AvgIpc) is 2.99. The van der Waals surface area contributed by atoms with Gasteiger partial charge in [0.1, 0.15) is 0 Å². The number of methoxy groups -OCH3 is 2. The van der Waals surface area contributed by atoms with E-state index in [-0.39, 0.29) is 24.1 Å². The summed E-state index contributed by atoms with van der Waals surface area (Å²) in [6, 6.07) is 9.01. The van der Waals surface area contributed by atoms with Gasteiger partial charge in [0.25, 0.3) is 5.91 Å². The fourth-order valence-electron chi connectivity index (χ4n) is 2.05. The molecule has 0 saturated carbocycles. The molecule has 7 nitrogen and oxygen atoms in total. The third-order valence-corrected chi connectivity index (χ3v) is 3.21. The molecule has 122 valence electrons. The van der Waals surface area contributed by atoms with Crippen LogP contribution in [-0.4, -0.2) is 41.9 Å². The second-order valence-electron chi connectivity index (χ2n) is 4.98. The summed E-state index contributed by atoms with van der Waals surface area (Å²) in [5.41, 5.74) is 0.973. The van der Waals surface area contributed by atoms with Gasteiger partial charge in [-0.25, -0.2) is 4.68 Å². The quantitative estimate of drug-likeness (QED) is 0.818. The number of carbonyl (C=O) groups excluding carboxylic acids is 2. The molecule has 1 amide bonds. The summed E-state index contributed by atoms with van der Waals surface area (Å²) in [7, 11) is 2.78. The number of nitrogens with zero attached hydrogens (tertiary/aromatic N) is 2. The largest absolute Gasteiger partial charge is 0.493 e. The minimum absolute atomic E-state index is 0.0873. The van der Waals surface area contributed by atoms with E-state index >= 15 is 0 Å². The average molecular weight is 317 g/mol. The number of para-hydroxylation sites is 1. The minimum Gasteiger partial charge on any atom is -0.493 e. The summed E-state index contributed by atoms with van der Waals surface area (Å²) in [6.45, 7) is 1.72. The molecule has 23 heavy (non-hydrogen) atoms. The maximum absolute atomic E-state index is 12.3. The van der Waals surface area contributed by atoms with Crippen molar-refractivity contribution in [3.05, 3.63) is 42.2 Å². The van der Waals surface area contributed by atoms with E-state index in [0.717, 1.165) is 5.69 Å². The van der Waals surface area contributed by atoms with Gasteiger partial charge in [-0.3, -0.25) is 9.59 Å². The van der Waals surface area contributed by atoms with Gasteiger partial charge in [-0.05, 0) is 19.1 Å². The number of carbonyl (C=O) groups is 2. The maximum atomic E-state index is 12.3. The first-order valence-corrected chi connectivity index (χ1v) is 7.12. The molecule has 1 atom stereocenters. The van der Waals surface area contributed by atoms with Crippen LogP contribution in [0.2, 0.25) is 0 Å². The molecule has 1 aromatic carbocycles. The lowest BCUT2D eigenvalue weighted by Crippen LogP contribution is -2.35. The van der Waals surface area contributed by atoms with Crippen molar-refractivity contribution >= 4 is 11.9 Å². The van der Waals surface area contributed by atoms with Crippen molar-refractivity contribution in [2.75, 3.05) is 14.2 Å². The fourth-order valence-corrected chi connectivity index (χ4v) is 2.05. The van der Waals surface area contributed by atoms with E-state index in [1.807, 2.05) is 30.3 Å². The van der Waals surface area contributed by atoms with Crippen LogP contribution in [-0.2, 0) is 9.53 Å². The molecule has 0 aliphatic carbocycles.